The van der Waals surface area contributed by atoms with E-state index in [2.05, 4.69) is 28.9 Å². The van der Waals surface area contributed by atoms with Crippen LogP contribution in [0.4, 0.5) is 0 Å². The molecule has 1 aromatic carbocycles. The van der Waals surface area contributed by atoms with E-state index >= 15 is 0 Å². The second kappa shape index (κ2) is 5.55. The van der Waals surface area contributed by atoms with Crippen molar-refractivity contribution >= 4 is 15.9 Å². The number of nitrogens with zero attached hydrogens (tertiary/aromatic N) is 1. The van der Waals surface area contributed by atoms with Crippen LogP contribution >= 0.6 is 15.9 Å². The molecule has 0 radical (unpaired) electrons. The highest BCUT2D eigenvalue weighted by atomic mass is 79.9. The van der Waals surface area contributed by atoms with E-state index in [4.69, 9.17) is 10.00 Å². The van der Waals surface area contributed by atoms with E-state index in [0.29, 0.717) is 17.2 Å². The summed E-state index contributed by atoms with van der Waals surface area (Å²) in [5, 5.41) is 9.06. The van der Waals surface area contributed by atoms with Crippen molar-refractivity contribution in [3.8, 4) is 11.8 Å². The Balaban J connectivity index is 2.17. The molecule has 0 N–H and O–H groups in total. The van der Waals surface area contributed by atoms with Gasteiger partial charge < -0.3 is 4.74 Å². The van der Waals surface area contributed by atoms with Crippen molar-refractivity contribution in [2.24, 2.45) is 5.92 Å². The smallest absolute Gasteiger partial charge is 0.138 e. The molecule has 0 aromatic heterocycles. The zero-order chi connectivity index (χ0) is 12.3. The van der Waals surface area contributed by atoms with Crippen LogP contribution in [-0.4, -0.2) is 6.10 Å². The van der Waals surface area contributed by atoms with Crippen LogP contribution in [0.15, 0.2) is 22.7 Å². The minimum absolute atomic E-state index is 0.255. The first-order valence-corrected chi connectivity index (χ1v) is 6.86. The second-order valence-electron chi connectivity index (χ2n) is 4.67. The van der Waals surface area contributed by atoms with Gasteiger partial charge in [-0.05, 0) is 43.4 Å². The Morgan fingerprint density at radius 1 is 1.35 bits per heavy atom. The van der Waals surface area contributed by atoms with E-state index in [-0.39, 0.29) is 6.10 Å². The first-order chi connectivity index (χ1) is 8.20. The van der Waals surface area contributed by atoms with Gasteiger partial charge in [0.2, 0.25) is 0 Å². The highest BCUT2D eigenvalue weighted by Gasteiger charge is 2.23. The number of ether oxygens (including phenoxy) is 1. The Labute approximate surface area is 111 Å². The topological polar surface area (TPSA) is 33.0 Å². The lowest BCUT2D eigenvalue weighted by atomic mass is 9.88. The predicted molar refractivity (Wildman–Crippen MR) is 70.9 cm³/mol. The van der Waals surface area contributed by atoms with Gasteiger partial charge >= 0.3 is 0 Å². The van der Waals surface area contributed by atoms with Crippen LogP contribution < -0.4 is 4.74 Å². The van der Waals surface area contributed by atoms with Crippen molar-refractivity contribution in [2.45, 2.75) is 38.7 Å². The minimum Gasteiger partial charge on any atom is -0.489 e. The average molecular weight is 294 g/mol. The average Bonchev–Trinajstić information content (AvgIpc) is 2.32. The Hall–Kier alpha value is -1.01. The molecule has 2 atom stereocenters. The molecule has 1 fully saturated rings. The van der Waals surface area contributed by atoms with Gasteiger partial charge in [0.25, 0.3) is 0 Å². The molecule has 0 aliphatic heterocycles. The fourth-order valence-corrected chi connectivity index (χ4v) is 2.65. The monoisotopic (exact) mass is 293 g/mol. The minimum atomic E-state index is 0.255. The van der Waals surface area contributed by atoms with Gasteiger partial charge in [0.1, 0.15) is 17.9 Å². The maximum Gasteiger partial charge on any atom is 0.138 e. The molecule has 0 saturated heterocycles. The fraction of sp³-hybridized carbons (Fsp3) is 0.500. The lowest BCUT2D eigenvalue weighted by Crippen LogP contribution is -2.28. The molecule has 2 unspecified atom stereocenters. The number of benzene rings is 1. The normalized spacial score (nSPS) is 24.1. The summed E-state index contributed by atoms with van der Waals surface area (Å²) in [5.41, 5.74) is 0.617. The molecule has 1 saturated carbocycles. The van der Waals surface area contributed by atoms with Crippen LogP contribution in [0.5, 0.6) is 5.75 Å². The molecular formula is C14H16BrNO. The summed E-state index contributed by atoms with van der Waals surface area (Å²) >= 11 is 3.42. The molecule has 1 aromatic rings. The summed E-state index contributed by atoms with van der Waals surface area (Å²) in [6.45, 7) is 2.23. The van der Waals surface area contributed by atoms with Crippen LogP contribution in [0.3, 0.4) is 0 Å². The molecule has 0 spiro atoms. The van der Waals surface area contributed by atoms with Gasteiger partial charge in [0, 0.05) is 4.47 Å². The van der Waals surface area contributed by atoms with Gasteiger partial charge in [-0.15, -0.1) is 0 Å². The van der Waals surface area contributed by atoms with Crippen molar-refractivity contribution in [1.82, 2.24) is 0 Å². The highest BCUT2D eigenvalue weighted by Crippen LogP contribution is 2.31. The third-order valence-electron chi connectivity index (χ3n) is 3.38. The number of hydrogen-bond donors (Lipinski definition) is 0. The number of halogens is 1. The summed E-state index contributed by atoms with van der Waals surface area (Å²) in [4.78, 5) is 0. The lowest BCUT2D eigenvalue weighted by molar-refractivity contribution is 0.102. The molecule has 2 nitrogen and oxygen atoms in total. The number of rotatable bonds is 2. The molecule has 0 heterocycles. The van der Waals surface area contributed by atoms with E-state index in [1.165, 1.54) is 19.3 Å². The third-order valence-corrected chi connectivity index (χ3v) is 3.87. The van der Waals surface area contributed by atoms with Gasteiger partial charge in [-0.2, -0.15) is 5.26 Å². The van der Waals surface area contributed by atoms with Crippen LogP contribution in [0.1, 0.15) is 38.2 Å². The van der Waals surface area contributed by atoms with E-state index < -0.39 is 0 Å². The Bertz CT molecular complexity index is 438. The van der Waals surface area contributed by atoms with Crippen molar-refractivity contribution in [1.29, 1.82) is 5.26 Å². The zero-order valence-corrected chi connectivity index (χ0v) is 11.5. The second-order valence-corrected chi connectivity index (χ2v) is 5.59. The molecule has 17 heavy (non-hydrogen) atoms. The first kappa shape index (κ1) is 12.4. The summed E-state index contributed by atoms with van der Waals surface area (Å²) in [5.74, 6) is 1.29. The molecule has 0 amide bonds. The zero-order valence-electron chi connectivity index (χ0n) is 9.95. The molecule has 2 rings (SSSR count). The van der Waals surface area contributed by atoms with E-state index in [9.17, 15) is 0 Å². The van der Waals surface area contributed by atoms with Crippen LogP contribution in [-0.2, 0) is 0 Å². The SMILES string of the molecule is CC1CCCCC1Oc1cc(Br)ccc1C#N. The number of nitriles is 1. The first-order valence-electron chi connectivity index (χ1n) is 6.07. The lowest BCUT2D eigenvalue weighted by Gasteiger charge is -2.29. The predicted octanol–water partition coefficient (Wildman–Crippen LogP) is 4.28. The van der Waals surface area contributed by atoms with E-state index in [0.717, 1.165) is 10.9 Å². The van der Waals surface area contributed by atoms with E-state index in [1.807, 2.05) is 12.1 Å². The largest absolute Gasteiger partial charge is 0.489 e. The summed E-state index contributed by atoms with van der Waals surface area (Å²) < 4.78 is 6.97. The third kappa shape index (κ3) is 3.01. The van der Waals surface area contributed by atoms with Gasteiger partial charge in [-0.3, -0.25) is 0 Å². The van der Waals surface area contributed by atoms with Crippen LogP contribution in [0.25, 0.3) is 0 Å². The highest BCUT2D eigenvalue weighted by molar-refractivity contribution is 9.10. The Morgan fingerprint density at radius 3 is 2.82 bits per heavy atom. The van der Waals surface area contributed by atoms with E-state index in [1.54, 1.807) is 6.07 Å². The molecular weight excluding hydrogens is 278 g/mol. The summed E-state index contributed by atoms with van der Waals surface area (Å²) in [7, 11) is 0. The van der Waals surface area contributed by atoms with Crippen molar-refractivity contribution in [3.63, 3.8) is 0 Å². The van der Waals surface area contributed by atoms with Crippen molar-refractivity contribution < 1.29 is 4.74 Å². The maximum absolute atomic E-state index is 9.06. The van der Waals surface area contributed by atoms with Gasteiger partial charge in [0.15, 0.2) is 0 Å². The molecule has 3 heteroatoms. The number of hydrogen-bond acceptors (Lipinski definition) is 2. The Kier molecular flexibility index (Phi) is 4.06. The fourth-order valence-electron chi connectivity index (χ4n) is 2.31. The molecule has 90 valence electrons. The van der Waals surface area contributed by atoms with Crippen LogP contribution in [0, 0.1) is 17.2 Å². The maximum atomic E-state index is 9.06. The molecule has 0 bridgehead atoms. The van der Waals surface area contributed by atoms with Crippen LogP contribution in [0.2, 0.25) is 0 Å². The Morgan fingerprint density at radius 2 is 2.12 bits per heavy atom. The summed E-state index contributed by atoms with van der Waals surface area (Å²) in [6.07, 6.45) is 5.10. The summed E-state index contributed by atoms with van der Waals surface area (Å²) in [6, 6.07) is 7.74. The van der Waals surface area contributed by atoms with Crippen molar-refractivity contribution in [2.75, 3.05) is 0 Å². The van der Waals surface area contributed by atoms with Crippen molar-refractivity contribution in [3.05, 3.63) is 28.2 Å². The van der Waals surface area contributed by atoms with Gasteiger partial charge in [-0.1, -0.05) is 29.3 Å². The van der Waals surface area contributed by atoms with Gasteiger partial charge in [0.05, 0.1) is 5.56 Å². The van der Waals surface area contributed by atoms with Gasteiger partial charge in [-0.25, -0.2) is 0 Å². The standard InChI is InChI=1S/C14H16BrNO/c1-10-4-2-3-5-13(10)17-14-8-12(15)7-6-11(14)9-16/h6-8,10,13H,2-5H2,1H3. The molecule has 1 aliphatic carbocycles. The quantitative estimate of drug-likeness (QED) is 0.815. The molecule has 1 aliphatic rings.